The van der Waals surface area contributed by atoms with E-state index in [1.165, 1.54) is 5.01 Å². The molecule has 2 fully saturated rings. The number of benzene rings is 1. The number of carbonyl (C=O) groups is 2. The van der Waals surface area contributed by atoms with Crippen LogP contribution in [0.2, 0.25) is 0 Å². The van der Waals surface area contributed by atoms with Gasteiger partial charge in [-0.25, -0.2) is 10.6 Å². The van der Waals surface area contributed by atoms with Crippen molar-refractivity contribution in [3.8, 4) is 6.07 Å². The average molecular weight is 518 g/mol. The summed E-state index contributed by atoms with van der Waals surface area (Å²) >= 11 is 0. The molecule has 10 nitrogen and oxygen atoms in total. The van der Waals surface area contributed by atoms with Crippen molar-refractivity contribution < 1.29 is 14.3 Å². The van der Waals surface area contributed by atoms with E-state index in [9.17, 15) is 14.9 Å². The first kappa shape index (κ1) is 26.9. The molecule has 38 heavy (non-hydrogen) atoms. The van der Waals surface area contributed by atoms with Gasteiger partial charge in [0.1, 0.15) is 17.7 Å². The summed E-state index contributed by atoms with van der Waals surface area (Å²) < 4.78 is 5.57. The number of hydrazine groups is 1. The topological polar surface area (TPSA) is 151 Å². The lowest BCUT2D eigenvalue weighted by atomic mass is 9.97. The standard InChI is InChI=1S/C28H35N7O3/c1-28(2,3)38-27(37)35-23-11-8-19(14-23)25(35)26(36)33-21(15-29)13-18-6-9-22(10-7-18)34(31)17-24(30)20-5-4-12-32-16-20/h4-7,9-10,12,16-17,19,21,23,25H,8,11,13-14,30-31H2,1-3H3,(H,33,36)/b24-17-/t19?,21-,23?,25?/m0/s1. The molecule has 1 aliphatic carbocycles. The number of nitrogens with one attached hydrogen (secondary N) is 1. The number of piperidine rings is 1. The molecule has 3 unspecified atom stereocenters. The van der Waals surface area contributed by atoms with Crippen molar-refractivity contribution >= 4 is 23.4 Å². The van der Waals surface area contributed by atoms with Crippen molar-refractivity contribution in [1.29, 1.82) is 5.26 Å². The Hall–Kier alpha value is -4.10. The summed E-state index contributed by atoms with van der Waals surface area (Å²) in [6.07, 6.45) is 7.30. The highest BCUT2D eigenvalue weighted by Gasteiger charge is 2.52. The van der Waals surface area contributed by atoms with E-state index in [4.69, 9.17) is 16.3 Å². The van der Waals surface area contributed by atoms with Gasteiger partial charge in [0.15, 0.2) is 0 Å². The van der Waals surface area contributed by atoms with Gasteiger partial charge < -0.3 is 15.8 Å². The fourth-order valence-corrected chi connectivity index (χ4v) is 5.16. The summed E-state index contributed by atoms with van der Waals surface area (Å²) in [5.74, 6) is 5.92. The minimum atomic E-state index is -0.747. The Morgan fingerprint density at radius 3 is 2.66 bits per heavy atom. The van der Waals surface area contributed by atoms with Gasteiger partial charge in [0, 0.05) is 36.6 Å². The maximum atomic E-state index is 13.3. The zero-order valence-electron chi connectivity index (χ0n) is 22.0. The summed E-state index contributed by atoms with van der Waals surface area (Å²) in [4.78, 5) is 31.8. The van der Waals surface area contributed by atoms with Crippen molar-refractivity contribution in [2.24, 2.45) is 17.5 Å². The van der Waals surface area contributed by atoms with Crippen LogP contribution in [0.5, 0.6) is 0 Å². The molecular weight excluding hydrogens is 482 g/mol. The molecule has 1 aromatic carbocycles. The van der Waals surface area contributed by atoms with Crippen molar-refractivity contribution in [2.45, 2.75) is 70.2 Å². The number of nitriles is 1. The molecule has 200 valence electrons. The lowest BCUT2D eigenvalue weighted by Gasteiger charge is -2.35. The third kappa shape index (κ3) is 6.23. The van der Waals surface area contributed by atoms with Crippen LogP contribution in [0.1, 0.15) is 51.2 Å². The molecule has 2 aliphatic rings. The van der Waals surface area contributed by atoms with Crippen LogP contribution in [-0.2, 0) is 16.0 Å². The van der Waals surface area contributed by atoms with E-state index in [0.717, 1.165) is 30.4 Å². The van der Waals surface area contributed by atoms with E-state index in [0.29, 0.717) is 17.8 Å². The molecule has 2 amide bonds. The Morgan fingerprint density at radius 1 is 1.29 bits per heavy atom. The van der Waals surface area contributed by atoms with Crippen molar-refractivity contribution in [2.75, 3.05) is 5.01 Å². The minimum absolute atomic E-state index is 0.000807. The number of fused-ring (bicyclic) bond motifs is 2. The highest BCUT2D eigenvalue weighted by Crippen LogP contribution is 2.43. The summed E-state index contributed by atoms with van der Waals surface area (Å²) in [6.45, 7) is 5.42. The minimum Gasteiger partial charge on any atom is -0.444 e. The van der Waals surface area contributed by atoms with Crippen LogP contribution in [-0.4, -0.2) is 45.6 Å². The van der Waals surface area contributed by atoms with Gasteiger partial charge in [0.25, 0.3) is 0 Å². The van der Waals surface area contributed by atoms with Gasteiger partial charge in [-0.05, 0) is 75.8 Å². The zero-order chi connectivity index (χ0) is 27.4. The number of rotatable bonds is 7. The second kappa shape index (κ2) is 11.1. The van der Waals surface area contributed by atoms with Crippen LogP contribution in [0, 0.1) is 17.2 Å². The van der Waals surface area contributed by atoms with Crippen LogP contribution in [0.25, 0.3) is 5.70 Å². The second-order valence-electron chi connectivity index (χ2n) is 10.9. The molecule has 10 heteroatoms. The van der Waals surface area contributed by atoms with Crippen LogP contribution < -0.4 is 21.9 Å². The number of ether oxygens (including phenoxy) is 1. The van der Waals surface area contributed by atoms with Crippen molar-refractivity contribution in [1.82, 2.24) is 15.2 Å². The molecule has 2 bridgehead atoms. The van der Waals surface area contributed by atoms with E-state index in [2.05, 4.69) is 16.4 Å². The number of nitrogens with zero attached hydrogens (tertiary/aromatic N) is 4. The quantitative estimate of drug-likeness (QED) is 0.374. The Labute approximate surface area is 223 Å². The number of carbonyl (C=O) groups excluding carboxylic acids is 2. The van der Waals surface area contributed by atoms with Crippen molar-refractivity contribution in [3.05, 3.63) is 66.1 Å². The molecule has 4 atom stereocenters. The van der Waals surface area contributed by atoms with Gasteiger partial charge in [0.2, 0.25) is 5.91 Å². The molecular formula is C28H35N7O3. The normalized spacial score (nSPS) is 21.5. The molecule has 5 N–H and O–H groups in total. The van der Waals surface area contributed by atoms with Crippen LogP contribution in [0.4, 0.5) is 10.5 Å². The van der Waals surface area contributed by atoms with E-state index >= 15 is 0 Å². The van der Waals surface area contributed by atoms with Gasteiger partial charge >= 0.3 is 6.09 Å². The largest absolute Gasteiger partial charge is 0.444 e. The Kier molecular flexibility index (Phi) is 7.88. The smallest absolute Gasteiger partial charge is 0.411 e. The monoisotopic (exact) mass is 517 g/mol. The van der Waals surface area contributed by atoms with Gasteiger partial charge in [-0.3, -0.25) is 19.7 Å². The molecule has 1 saturated carbocycles. The van der Waals surface area contributed by atoms with Crippen LogP contribution in [0.3, 0.4) is 0 Å². The number of amides is 2. The molecule has 0 spiro atoms. The van der Waals surface area contributed by atoms with E-state index < -0.39 is 23.8 Å². The third-order valence-corrected chi connectivity index (χ3v) is 6.88. The van der Waals surface area contributed by atoms with Gasteiger partial charge in [-0.2, -0.15) is 5.26 Å². The number of hydrogen-bond acceptors (Lipinski definition) is 8. The van der Waals surface area contributed by atoms with Crippen molar-refractivity contribution in [3.63, 3.8) is 0 Å². The lowest BCUT2D eigenvalue weighted by molar-refractivity contribution is -0.128. The summed E-state index contributed by atoms with van der Waals surface area (Å²) in [5.41, 5.74) is 8.25. The number of likely N-dealkylation sites (tertiary alicyclic amines) is 1. The van der Waals surface area contributed by atoms with E-state index in [-0.39, 0.29) is 17.9 Å². The summed E-state index contributed by atoms with van der Waals surface area (Å²) in [5, 5.41) is 14.0. The van der Waals surface area contributed by atoms with Crippen LogP contribution in [0.15, 0.2) is 55.0 Å². The summed E-state index contributed by atoms with van der Waals surface area (Å²) in [7, 11) is 0. The molecule has 2 heterocycles. The lowest BCUT2D eigenvalue weighted by Crippen LogP contribution is -2.55. The van der Waals surface area contributed by atoms with Gasteiger partial charge in [0.05, 0.1) is 17.5 Å². The Balaban J connectivity index is 1.39. The van der Waals surface area contributed by atoms with Gasteiger partial charge in [-0.15, -0.1) is 0 Å². The van der Waals surface area contributed by atoms with E-state index in [1.54, 1.807) is 50.3 Å². The molecule has 0 radical (unpaired) electrons. The first-order valence-electron chi connectivity index (χ1n) is 12.8. The Bertz CT molecular complexity index is 1220. The maximum Gasteiger partial charge on any atom is 0.411 e. The highest BCUT2D eigenvalue weighted by molar-refractivity contribution is 5.87. The fraction of sp³-hybridized carbons (Fsp3) is 0.429. The van der Waals surface area contributed by atoms with Gasteiger partial charge in [-0.1, -0.05) is 12.1 Å². The first-order valence-corrected chi connectivity index (χ1v) is 12.8. The number of anilines is 1. The number of nitrogens with two attached hydrogens (primary N) is 2. The SMILES string of the molecule is CC(C)(C)OC(=O)N1C2CCC(C2)C1C(=O)N[C@H](C#N)Cc1ccc(N(N)/C=C(\N)c2cccnc2)cc1. The summed E-state index contributed by atoms with van der Waals surface area (Å²) in [6, 6.07) is 11.8. The molecule has 4 rings (SSSR count). The van der Waals surface area contributed by atoms with E-state index in [1.807, 2.05) is 30.3 Å². The number of hydrogen-bond donors (Lipinski definition) is 3. The molecule has 2 aromatic rings. The third-order valence-electron chi connectivity index (χ3n) is 6.88. The zero-order valence-corrected chi connectivity index (χ0v) is 22.0. The highest BCUT2D eigenvalue weighted by atomic mass is 16.6. The maximum absolute atomic E-state index is 13.3. The molecule has 1 aliphatic heterocycles. The fourth-order valence-electron chi connectivity index (χ4n) is 5.16. The Morgan fingerprint density at radius 2 is 2.03 bits per heavy atom. The number of pyridine rings is 1. The number of aromatic nitrogens is 1. The predicted molar refractivity (Wildman–Crippen MR) is 144 cm³/mol. The second-order valence-corrected chi connectivity index (χ2v) is 10.9. The predicted octanol–water partition coefficient (Wildman–Crippen LogP) is 3.06. The molecule has 1 aromatic heterocycles. The van der Waals surface area contributed by atoms with Crippen LogP contribution >= 0.6 is 0 Å². The average Bonchev–Trinajstić information content (AvgIpc) is 3.50. The molecule has 1 saturated heterocycles. The first-order chi connectivity index (χ1) is 18.1.